The predicted octanol–water partition coefficient (Wildman–Crippen LogP) is 3.15. The van der Waals surface area contributed by atoms with Crippen LogP contribution < -0.4 is 9.64 Å². The van der Waals surface area contributed by atoms with Crippen molar-refractivity contribution in [3.05, 3.63) is 54.1 Å². The van der Waals surface area contributed by atoms with Crippen molar-refractivity contribution in [3.8, 4) is 5.75 Å². The summed E-state index contributed by atoms with van der Waals surface area (Å²) in [5, 5.41) is 0. The number of hydrogen-bond donors (Lipinski definition) is 0. The van der Waals surface area contributed by atoms with E-state index < -0.39 is 10.0 Å². The Kier molecular flexibility index (Phi) is 7.55. The van der Waals surface area contributed by atoms with Gasteiger partial charge >= 0.3 is 0 Å². The largest absolute Gasteiger partial charge is 0.497 e. The number of rotatable bonds is 6. The summed E-state index contributed by atoms with van der Waals surface area (Å²) in [6.45, 7) is 4.26. The van der Waals surface area contributed by atoms with E-state index in [2.05, 4.69) is 17.0 Å². The lowest BCUT2D eigenvalue weighted by Gasteiger charge is -2.26. The maximum Gasteiger partial charge on any atom is 0.243 e. The van der Waals surface area contributed by atoms with Gasteiger partial charge in [-0.3, -0.25) is 4.79 Å². The molecule has 0 radical (unpaired) electrons. The molecule has 2 aliphatic heterocycles. The van der Waals surface area contributed by atoms with Gasteiger partial charge in [0.1, 0.15) is 5.75 Å². The summed E-state index contributed by atoms with van der Waals surface area (Å²) in [7, 11) is -1.79. The Morgan fingerprint density at radius 2 is 1.52 bits per heavy atom. The molecule has 2 heterocycles. The smallest absolute Gasteiger partial charge is 0.243 e. The first kappa shape index (κ1) is 23.6. The number of hydrogen-bond acceptors (Lipinski definition) is 5. The second-order valence-electron chi connectivity index (χ2n) is 8.70. The first-order chi connectivity index (χ1) is 16.0. The minimum atomic E-state index is -3.44. The molecule has 0 aliphatic carbocycles. The minimum absolute atomic E-state index is 0.0817. The zero-order valence-electron chi connectivity index (χ0n) is 19.3. The zero-order valence-corrected chi connectivity index (χ0v) is 20.1. The van der Waals surface area contributed by atoms with Gasteiger partial charge < -0.3 is 14.5 Å². The second-order valence-corrected chi connectivity index (χ2v) is 10.6. The van der Waals surface area contributed by atoms with Crippen LogP contribution in [-0.2, 0) is 21.2 Å². The predicted molar refractivity (Wildman–Crippen MR) is 129 cm³/mol. The number of anilines is 1. The minimum Gasteiger partial charge on any atom is -0.497 e. The van der Waals surface area contributed by atoms with Gasteiger partial charge in [-0.1, -0.05) is 18.6 Å². The van der Waals surface area contributed by atoms with Crippen LogP contribution in [0, 0.1) is 0 Å². The van der Waals surface area contributed by atoms with Crippen molar-refractivity contribution in [2.45, 2.75) is 37.0 Å². The molecular formula is C25H33N3O4S. The summed E-state index contributed by atoms with van der Waals surface area (Å²) in [5.41, 5.74) is 1.98. The van der Waals surface area contributed by atoms with Gasteiger partial charge in [0.25, 0.3) is 0 Å². The third-order valence-corrected chi connectivity index (χ3v) is 8.43. The molecule has 2 saturated heterocycles. The van der Waals surface area contributed by atoms with Crippen LogP contribution in [0.3, 0.4) is 0 Å². The molecule has 1 amide bonds. The van der Waals surface area contributed by atoms with Gasteiger partial charge in [-0.15, -0.1) is 0 Å². The van der Waals surface area contributed by atoms with Crippen LogP contribution in [0.15, 0.2) is 53.4 Å². The van der Waals surface area contributed by atoms with Crippen LogP contribution in [0.4, 0.5) is 5.69 Å². The van der Waals surface area contributed by atoms with E-state index in [1.54, 1.807) is 35.7 Å². The fraction of sp³-hybridized carbons (Fsp3) is 0.480. The molecule has 0 aromatic heterocycles. The Bertz CT molecular complexity index is 1030. The highest BCUT2D eigenvalue weighted by Crippen LogP contribution is 2.22. The average Bonchev–Trinajstić information content (AvgIpc) is 3.11. The fourth-order valence-corrected chi connectivity index (χ4v) is 6.06. The second kappa shape index (κ2) is 10.6. The van der Waals surface area contributed by atoms with Crippen LogP contribution in [0.1, 0.15) is 31.2 Å². The number of carbonyl (C=O) groups excluding carboxylic acids is 1. The molecule has 0 bridgehead atoms. The number of ether oxygens (including phenoxy) is 1. The highest BCUT2D eigenvalue weighted by atomic mass is 32.2. The van der Waals surface area contributed by atoms with Gasteiger partial charge in [-0.25, -0.2) is 8.42 Å². The van der Waals surface area contributed by atoms with E-state index in [1.807, 2.05) is 17.0 Å². The van der Waals surface area contributed by atoms with Gasteiger partial charge in [0.15, 0.2) is 0 Å². The van der Waals surface area contributed by atoms with Crippen LogP contribution in [0.5, 0.6) is 5.75 Å². The van der Waals surface area contributed by atoms with Gasteiger partial charge in [-0.05, 0) is 61.2 Å². The first-order valence-corrected chi connectivity index (χ1v) is 13.2. The number of methoxy groups -OCH3 is 1. The molecule has 0 spiro atoms. The molecule has 33 heavy (non-hydrogen) atoms. The van der Waals surface area contributed by atoms with Crippen molar-refractivity contribution >= 4 is 21.6 Å². The molecule has 0 atom stereocenters. The molecule has 7 nitrogen and oxygen atoms in total. The third kappa shape index (κ3) is 5.68. The average molecular weight is 472 g/mol. The molecular weight excluding hydrogens is 438 g/mol. The summed E-state index contributed by atoms with van der Waals surface area (Å²) < 4.78 is 32.5. The highest BCUT2D eigenvalue weighted by Gasteiger charge is 2.26. The molecule has 178 valence electrons. The van der Waals surface area contributed by atoms with E-state index in [9.17, 15) is 13.2 Å². The molecule has 2 aromatic rings. The summed E-state index contributed by atoms with van der Waals surface area (Å²) in [6, 6.07) is 14.8. The number of benzene rings is 2. The normalized spacial score (nSPS) is 18.1. The van der Waals surface area contributed by atoms with E-state index in [1.165, 1.54) is 0 Å². The summed E-state index contributed by atoms with van der Waals surface area (Å²) in [6.07, 6.45) is 4.11. The number of amides is 1. The van der Waals surface area contributed by atoms with Gasteiger partial charge in [0, 0.05) is 45.0 Å². The lowest BCUT2D eigenvalue weighted by molar-refractivity contribution is -0.130. The van der Waals surface area contributed by atoms with E-state index in [-0.39, 0.29) is 12.3 Å². The van der Waals surface area contributed by atoms with E-state index >= 15 is 0 Å². The topological polar surface area (TPSA) is 70.2 Å². The van der Waals surface area contributed by atoms with E-state index in [0.717, 1.165) is 62.3 Å². The number of nitrogens with zero attached hydrogens (tertiary/aromatic N) is 3. The van der Waals surface area contributed by atoms with Crippen molar-refractivity contribution in [2.75, 3.05) is 51.3 Å². The summed E-state index contributed by atoms with van der Waals surface area (Å²) in [5.74, 6) is 0.915. The van der Waals surface area contributed by atoms with Crippen molar-refractivity contribution in [3.63, 3.8) is 0 Å². The molecule has 2 fully saturated rings. The van der Waals surface area contributed by atoms with E-state index in [0.29, 0.717) is 24.5 Å². The maximum atomic E-state index is 12.9. The molecule has 0 saturated carbocycles. The monoisotopic (exact) mass is 471 g/mol. The summed E-state index contributed by atoms with van der Waals surface area (Å²) in [4.78, 5) is 17.5. The lowest BCUT2D eigenvalue weighted by atomic mass is 10.1. The highest BCUT2D eigenvalue weighted by molar-refractivity contribution is 7.89. The Hall–Kier alpha value is -2.58. The first-order valence-electron chi connectivity index (χ1n) is 11.7. The molecule has 8 heteroatoms. The van der Waals surface area contributed by atoms with Crippen LogP contribution in [0.25, 0.3) is 0 Å². The quantitative estimate of drug-likeness (QED) is 0.647. The molecule has 0 unspecified atom stereocenters. The number of carbonyl (C=O) groups is 1. The van der Waals surface area contributed by atoms with Gasteiger partial charge in [0.05, 0.1) is 18.4 Å². The molecule has 2 aliphatic rings. The SMILES string of the molecule is COc1ccc(N2CCCN(C(=O)Cc3ccc(S(=O)(=O)N4CCCCC4)cc3)CC2)cc1. The third-order valence-electron chi connectivity index (χ3n) is 6.52. The number of sulfonamides is 1. The lowest BCUT2D eigenvalue weighted by Crippen LogP contribution is -2.36. The maximum absolute atomic E-state index is 12.9. The van der Waals surface area contributed by atoms with Crippen molar-refractivity contribution in [1.82, 2.24) is 9.21 Å². The molecule has 2 aromatic carbocycles. The number of piperidine rings is 1. The molecule has 0 N–H and O–H groups in total. The fourth-order valence-electron chi connectivity index (χ4n) is 4.54. The van der Waals surface area contributed by atoms with Crippen molar-refractivity contribution in [2.24, 2.45) is 0 Å². The van der Waals surface area contributed by atoms with Crippen molar-refractivity contribution in [1.29, 1.82) is 0 Å². The van der Waals surface area contributed by atoms with Crippen molar-refractivity contribution < 1.29 is 17.9 Å². The van der Waals surface area contributed by atoms with Crippen LogP contribution in [0.2, 0.25) is 0 Å². The van der Waals surface area contributed by atoms with E-state index in [4.69, 9.17) is 4.74 Å². The Morgan fingerprint density at radius 3 is 2.18 bits per heavy atom. The van der Waals surface area contributed by atoms with Gasteiger partial charge in [-0.2, -0.15) is 4.31 Å². The Labute approximate surface area is 197 Å². The zero-order chi connectivity index (χ0) is 23.3. The standard InChI is InChI=1S/C25H33N3O4S/c1-32-23-10-8-22(9-11-23)26-14-5-15-27(19-18-26)25(29)20-21-6-12-24(13-7-21)33(30,31)28-16-3-2-4-17-28/h6-13H,2-5,14-20H2,1H3. The molecule has 4 rings (SSSR count). The Morgan fingerprint density at radius 1 is 0.818 bits per heavy atom. The van der Waals surface area contributed by atoms with Crippen LogP contribution >= 0.6 is 0 Å². The van der Waals surface area contributed by atoms with Gasteiger partial charge in [0.2, 0.25) is 15.9 Å². The Balaban J connectivity index is 1.34. The summed E-state index contributed by atoms with van der Waals surface area (Å²) >= 11 is 0. The van der Waals surface area contributed by atoms with Crippen LogP contribution in [-0.4, -0.2) is 69.9 Å².